The number of morpholine rings is 1. The molecule has 11 nitrogen and oxygen atoms in total. The Morgan fingerprint density at radius 1 is 0.967 bits per heavy atom. The maximum Gasteiger partial charge on any atom is 0.270 e. The second-order valence-corrected chi connectivity index (χ2v) is 8.20. The van der Waals surface area contributed by atoms with Crippen LogP contribution in [0.5, 0.6) is 0 Å². The summed E-state index contributed by atoms with van der Waals surface area (Å²) in [7, 11) is -3.78. The van der Waals surface area contributed by atoms with Crippen LogP contribution in [0.2, 0.25) is 0 Å². The predicted molar refractivity (Wildman–Crippen MR) is 104 cm³/mol. The molecular weight excluding hydrogens is 416 g/mol. The van der Waals surface area contributed by atoms with Crippen LogP contribution in [0.3, 0.4) is 0 Å². The van der Waals surface area contributed by atoms with Gasteiger partial charge < -0.3 is 4.74 Å². The minimum Gasteiger partial charge on any atom is -0.379 e. The second-order valence-electron chi connectivity index (χ2n) is 6.26. The van der Waals surface area contributed by atoms with Crippen LogP contribution >= 0.6 is 0 Å². The highest BCUT2D eigenvalue weighted by molar-refractivity contribution is 7.89. The largest absolute Gasteiger partial charge is 0.379 e. The summed E-state index contributed by atoms with van der Waals surface area (Å²) >= 11 is 0. The average molecular weight is 434 g/mol. The third kappa shape index (κ3) is 4.79. The zero-order chi connectivity index (χ0) is 21.7. The molecule has 0 saturated carbocycles. The van der Waals surface area contributed by atoms with Gasteiger partial charge in [0.25, 0.3) is 17.5 Å². The molecule has 1 heterocycles. The van der Waals surface area contributed by atoms with Crippen molar-refractivity contribution in [2.75, 3.05) is 26.3 Å². The van der Waals surface area contributed by atoms with E-state index in [1.54, 1.807) is 0 Å². The van der Waals surface area contributed by atoms with Gasteiger partial charge in [-0.25, -0.2) is 8.42 Å². The van der Waals surface area contributed by atoms with E-state index in [1.165, 1.54) is 46.8 Å². The number of hydrogen-bond donors (Lipinski definition) is 2. The number of nitrogens with zero attached hydrogens (tertiary/aromatic N) is 2. The number of non-ortho nitro benzene ring substituents is 1. The van der Waals surface area contributed by atoms with Gasteiger partial charge in [0.05, 0.1) is 23.0 Å². The summed E-state index contributed by atoms with van der Waals surface area (Å²) in [6.07, 6.45) is 0. The molecule has 2 aromatic rings. The second kappa shape index (κ2) is 8.98. The summed E-state index contributed by atoms with van der Waals surface area (Å²) in [4.78, 5) is 34.6. The molecule has 2 amide bonds. The molecule has 0 bridgehead atoms. The molecular formula is C18H18N4O7S. The monoisotopic (exact) mass is 434 g/mol. The van der Waals surface area contributed by atoms with Crippen LogP contribution in [0.25, 0.3) is 0 Å². The van der Waals surface area contributed by atoms with Crippen molar-refractivity contribution in [1.82, 2.24) is 15.2 Å². The minimum atomic E-state index is -3.78. The highest BCUT2D eigenvalue weighted by Crippen LogP contribution is 2.18. The van der Waals surface area contributed by atoms with E-state index in [1.807, 2.05) is 0 Å². The molecule has 1 aliphatic rings. The molecule has 158 valence electrons. The molecule has 0 aromatic heterocycles. The number of benzene rings is 2. The van der Waals surface area contributed by atoms with Gasteiger partial charge in [0, 0.05) is 36.3 Å². The fraction of sp³-hybridized carbons (Fsp3) is 0.222. The Hall–Kier alpha value is -3.35. The van der Waals surface area contributed by atoms with Gasteiger partial charge in [0.1, 0.15) is 0 Å². The lowest BCUT2D eigenvalue weighted by Crippen LogP contribution is -2.42. The lowest BCUT2D eigenvalue weighted by molar-refractivity contribution is -0.384. The van der Waals surface area contributed by atoms with Crippen LogP contribution in [0.4, 0.5) is 5.69 Å². The van der Waals surface area contributed by atoms with Crippen LogP contribution < -0.4 is 10.9 Å². The number of nitro groups is 1. The minimum absolute atomic E-state index is 0.0173. The number of nitro benzene ring substituents is 1. The van der Waals surface area contributed by atoms with Gasteiger partial charge in [0.2, 0.25) is 10.0 Å². The normalized spacial score (nSPS) is 14.7. The van der Waals surface area contributed by atoms with Gasteiger partial charge in [-0.3, -0.25) is 30.6 Å². The summed E-state index contributed by atoms with van der Waals surface area (Å²) in [6.45, 7) is 1.03. The first-order chi connectivity index (χ1) is 14.3. The Labute approximate surface area is 171 Å². The summed E-state index contributed by atoms with van der Waals surface area (Å²) < 4.78 is 31.9. The number of carbonyl (C=O) groups is 2. The Balaban J connectivity index is 1.69. The molecule has 1 fully saturated rings. The van der Waals surface area contributed by atoms with E-state index in [9.17, 15) is 28.1 Å². The molecule has 2 aromatic carbocycles. The van der Waals surface area contributed by atoms with Gasteiger partial charge in [0.15, 0.2) is 0 Å². The van der Waals surface area contributed by atoms with Crippen molar-refractivity contribution >= 4 is 27.5 Å². The van der Waals surface area contributed by atoms with Gasteiger partial charge in [-0.05, 0) is 24.3 Å². The predicted octanol–water partition coefficient (Wildman–Crippen LogP) is 0.691. The van der Waals surface area contributed by atoms with Gasteiger partial charge in [-0.15, -0.1) is 0 Å². The number of ether oxygens (including phenoxy) is 1. The topological polar surface area (TPSA) is 148 Å². The zero-order valence-corrected chi connectivity index (χ0v) is 16.4. The van der Waals surface area contributed by atoms with Crippen molar-refractivity contribution in [3.8, 4) is 0 Å². The fourth-order valence-corrected chi connectivity index (χ4v) is 4.21. The summed E-state index contributed by atoms with van der Waals surface area (Å²) in [5.41, 5.74) is 4.04. The van der Waals surface area contributed by atoms with E-state index in [0.29, 0.717) is 13.2 Å². The smallest absolute Gasteiger partial charge is 0.270 e. The van der Waals surface area contributed by atoms with Crippen LogP contribution in [-0.2, 0) is 14.8 Å². The number of sulfonamides is 1. The lowest BCUT2D eigenvalue weighted by atomic mass is 10.2. The van der Waals surface area contributed by atoms with Crippen LogP contribution in [0, 0.1) is 10.1 Å². The Kier molecular flexibility index (Phi) is 6.40. The summed E-state index contributed by atoms with van der Waals surface area (Å²) in [5.74, 6) is -1.50. The van der Waals surface area contributed by atoms with Crippen LogP contribution in [0.15, 0.2) is 53.4 Å². The summed E-state index contributed by atoms with van der Waals surface area (Å²) in [5, 5.41) is 10.8. The van der Waals surface area contributed by atoms with Crippen molar-refractivity contribution < 1.29 is 27.7 Å². The summed E-state index contributed by atoms with van der Waals surface area (Å²) in [6, 6.07) is 10.4. The fourth-order valence-electron chi connectivity index (χ4n) is 2.75. The average Bonchev–Trinajstić information content (AvgIpc) is 2.78. The first-order valence-corrected chi connectivity index (χ1v) is 10.3. The zero-order valence-electron chi connectivity index (χ0n) is 15.6. The molecule has 12 heteroatoms. The van der Waals surface area contributed by atoms with Crippen molar-refractivity contribution in [2.45, 2.75) is 4.90 Å². The highest BCUT2D eigenvalue weighted by Gasteiger charge is 2.27. The first kappa shape index (κ1) is 21.4. The molecule has 2 N–H and O–H groups in total. The number of hydrogen-bond acceptors (Lipinski definition) is 7. The third-order valence-electron chi connectivity index (χ3n) is 4.31. The van der Waals surface area contributed by atoms with Crippen molar-refractivity contribution in [3.63, 3.8) is 0 Å². The molecule has 0 atom stereocenters. The number of carbonyl (C=O) groups excluding carboxylic acids is 2. The SMILES string of the molecule is O=C(NNC(=O)c1cccc(S(=O)(=O)N2CCOCC2)c1)c1cccc([N+](=O)[O-])c1. The van der Waals surface area contributed by atoms with E-state index < -0.39 is 26.8 Å². The maximum atomic E-state index is 12.7. The van der Waals surface area contributed by atoms with Gasteiger partial charge in [-0.2, -0.15) is 4.31 Å². The molecule has 3 rings (SSSR count). The van der Waals surface area contributed by atoms with E-state index in [0.717, 1.165) is 6.07 Å². The number of hydrazine groups is 1. The standard InChI is InChI=1S/C18H18N4O7S/c23-17(13-3-1-5-15(11-13)22(25)26)19-20-18(24)14-4-2-6-16(12-14)30(27,28)21-7-9-29-10-8-21/h1-6,11-12H,7-10H2,(H,19,23)(H,20,24). The van der Waals surface area contributed by atoms with Crippen LogP contribution in [0.1, 0.15) is 20.7 Å². The molecule has 30 heavy (non-hydrogen) atoms. The molecule has 0 radical (unpaired) electrons. The third-order valence-corrected chi connectivity index (χ3v) is 6.21. The highest BCUT2D eigenvalue weighted by atomic mass is 32.2. The van der Waals surface area contributed by atoms with Crippen LogP contribution in [-0.4, -0.2) is 55.8 Å². The first-order valence-electron chi connectivity index (χ1n) is 8.82. The molecule has 0 spiro atoms. The van der Waals surface area contributed by atoms with Crippen molar-refractivity contribution in [3.05, 3.63) is 69.8 Å². The Morgan fingerprint density at radius 2 is 1.53 bits per heavy atom. The molecule has 1 aliphatic heterocycles. The quantitative estimate of drug-likeness (QED) is 0.519. The van der Waals surface area contributed by atoms with Crippen molar-refractivity contribution in [1.29, 1.82) is 0 Å². The molecule has 1 saturated heterocycles. The Bertz CT molecular complexity index is 1080. The van der Waals surface area contributed by atoms with E-state index >= 15 is 0 Å². The van der Waals surface area contributed by atoms with Gasteiger partial charge in [-0.1, -0.05) is 12.1 Å². The number of amides is 2. The van der Waals surface area contributed by atoms with Crippen molar-refractivity contribution in [2.24, 2.45) is 0 Å². The molecule has 0 aliphatic carbocycles. The van der Waals surface area contributed by atoms with E-state index in [-0.39, 0.29) is 34.8 Å². The Morgan fingerprint density at radius 3 is 2.13 bits per heavy atom. The number of nitrogens with one attached hydrogen (secondary N) is 2. The number of rotatable bonds is 5. The van der Waals surface area contributed by atoms with E-state index in [2.05, 4.69) is 10.9 Å². The van der Waals surface area contributed by atoms with E-state index in [4.69, 9.17) is 4.74 Å². The molecule has 0 unspecified atom stereocenters. The van der Waals surface area contributed by atoms with Gasteiger partial charge >= 0.3 is 0 Å². The lowest BCUT2D eigenvalue weighted by Gasteiger charge is -2.26. The maximum absolute atomic E-state index is 12.7.